The highest BCUT2D eigenvalue weighted by Crippen LogP contribution is 2.23. The molecule has 0 fully saturated rings. The van der Waals surface area contributed by atoms with E-state index in [4.69, 9.17) is 4.42 Å². The van der Waals surface area contributed by atoms with Crippen molar-refractivity contribution in [1.29, 1.82) is 0 Å². The highest BCUT2D eigenvalue weighted by atomic mass is 32.1. The van der Waals surface area contributed by atoms with Crippen LogP contribution in [0.5, 0.6) is 0 Å². The summed E-state index contributed by atoms with van der Waals surface area (Å²) >= 11 is 1.50. The molecule has 0 unspecified atom stereocenters. The Labute approximate surface area is 133 Å². The van der Waals surface area contributed by atoms with Crippen LogP contribution >= 0.6 is 11.3 Å². The molecular weight excluding hydrogens is 296 g/mol. The van der Waals surface area contributed by atoms with Crippen molar-refractivity contribution in [2.45, 2.75) is 32.7 Å². The Hall–Kier alpha value is -2.14. The molecule has 5 heteroatoms. The molecule has 0 saturated carbocycles. The third kappa shape index (κ3) is 3.04. The first kappa shape index (κ1) is 14.8. The SMILES string of the molecule is CC(C)(C)c1ccc(Cn2nc(-c3cccs3)oc2=O)cc1. The number of nitrogens with zero attached hydrogens (tertiary/aromatic N) is 2. The highest BCUT2D eigenvalue weighted by molar-refractivity contribution is 7.13. The molecule has 22 heavy (non-hydrogen) atoms. The average molecular weight is 314 g/mol. The minimum absolute atomic E-state index is 0.121. The minimum Gasteiger partial charge on any atom is -0.387 e. The minimum atomic E-state index is -0.428. The van der Waals surface area contributed by atoms with Crippen molar-refractivity contribution in [2.24, 2.45) is 0 Å². The number of hydrogen-bond acceptors (Lipinski definition) is 4. The summed E-state index contributed by atoms with van der Waals surface area (Å²) in [7, 11) is 0. The molecule has 4 nitrogen and oxygen atoms in total. The first-order valence-corrected chi connectivity index (χ1v) is 8.03. The maximum atomic E-state index is 11.9. The van der Waals surface area contributed by atoms with Crippen molar-refractivity contribution < 1.29 is 4.42 Å². The predicted octanol–water partition coefficient (Wildman–Crippen LogP) is 3.91. The summed E-state index contributed by atoms with van der Waals surface area (Å²) in [6.07, 6.45) is 0. The van der Waals surface area contributed by atoms with Crippen LogP contribution in [0.25, 0.3) is 10.8 Å². The van der Waals surface area contributed by atoms with E-state index >= 15 is 0 Å². The van der Waals surface area contributed by atoms with Gasteiger partial charge in [0.2, 0.25) is 0 Å². The van der Waals surface area contributed by atoms with Crippen LogP contribution in [0.4, 0.5) is 0 Å². The Balaban J connectivity index is 1.83. The van der Waals surface area contributed by atoms with Crippen LogP contribution in [-0.2, 0) is 12.0 Å². The zero-order valence-electron chi connectivity index (χ0n) is 12.9. The van der Waals surface area contributed by atoms with Gasteiger partial charge in [-0.1, -0.05) is 51.1 Å². The van der Waals surface area contributed by atoms with E-state index in [0.717, 1.165) is 10.4 Å². The molecule has 0 amide bonds. The third-order valence-corrected chi connectivity index (χ3v) is 4.35. The van der Waals surface area contributed by atoms with Gasteiger partial charge in [-0.3, -0.25) is 0 Å². The zero-order chi connectivity index (χ0) is 15.7. The van der Waals surface area contributed by atoms with Crippen molar-refractivity contribution in [2.75, 3.05) is 0 Å². The first-order chi connectivity index (χ1) is 10.4. The lowest BCUT2D eigenvalue weighted by molar-refractivity contribution is 0.495. The quantitative estimate of drug-likeness (QED) is 0.736. The lowest BCUT2D eigenvalue weighted by Gasteiger charge is -2.19. The van der Waals surface area contributed by atoms with Crippen LogP contribution in [-0.4, -0.2) is 9.78 Å². The van der Waals surface area contributed by atoms with Gasteiger partial charge in [0.1, 0.15) is 0 Å². The van der Waals surface area contributed by atoms with Gasteiger partial charge in [-0.05, 0) is 28.0 Å². The van der Waals surface area contributed by atoms with Gasteiger partial charge in [0.25, 0.3) is 5.89 Å². The third-order valence-electron chi connectivity index (χ3n) is 3.49. The maximum absolute atomic E-state index is 11.9. The second-order valence-electron chi connectivity index (χ2n) is 6.25. The van der Waals surface area contributed by atoms with E-state index in [2.05, 4.69) is 38.0 Å². The summed E-state index contributed by atoms with van der Waals surface area (Å²) < 4.78 is 6.58. The van der Waals surface area contributed by atoms with Gasteiger partial charge in [0, 0.05) is 0 Å². The van der Waals surface area contributed by atoms with E-state index < -0.39 is 5.76 Å². The van der Waals surface area contributed by atoms with Crippen LogP contribution in [0.1, 0.15) is 31.9 Å². The smallest absolute Gasteiger partial charge is 0.387 e. The van der Waals surface area contributed by atoms with Crippen LogP contribution in [0.2, 0.25) is 0 Å². The largest absolute Gasteiger partial charge is 0.437 e. The molecule has 0 N–H and O–H groups in total. The molecule has 0 aliphatic carbocycles. The molecule has 0 spiro atoms. The number of aromatic nitrogens is 2. The Morgan fingerprint density at radius 2 is 1.91 bits per heavy atom. The summed E-state index contributed by atoms with van der Waals surface area (Å²) in [6, 6.07) is 12.1. The van der Waals surface area contributed by atoms with Gasteiger partial charge in [-0.25, -0.2) is 4.79 Å². The fraction of sp³-hybridized carbons (Fsp3) is 0.294. The van der Waals surface area contributed by atoms with Crippen LogP contribution < -0.4 is 5.76 Å². The summed E-state index contributed by atoms with van der Waals surface area (Å²) in [5.41, 5.74) is 2.42. The fourth-order valence-electron chi connectivity index (χ4n) is 2.19. The van der Waals surface area contributed by atoms with Crippen molar-refractivity contribution in [1.82, 2.24) is 9.78 Å². The molecule has 3 aromatic rings. The summed E-state index contributed by atoms with van der Waals surface area (Å²) in [6.45, 7) is 6.95. The van der Waals surface area contributed by atoms with E-state index in [9.17, 15) is 4.79 Å². The molecule has 0 aliphatic heterocycles. The van der Waals surface area contributed by atoms with Gasteiger partial charge in [-0.15, -0.1) is 16.4 Å². The van der Waals surface area contributed by atoms with Crippen molar-refractivity contribution >= 4 is 11.3 Å². The lowest BCUT2D eigenvalue weighted by atomic mass is 9.87. The summed E-state index contributed by atoms with van der Waals surface area (Å²) in [5, 5.41) is 6.20. The molecule has 0 atom stereocenters. The number of rotatable bonds is 3. The van der Waals surface area contributed by atoms with Crippen LogP contribution in [0.15, 0.2) is 51.0 Å². The molecule has 0 aliphatic rings. The first-order valence-electron chi connectivity index (χ1n) is 7.15. The fourth-order valence-corrected chi connectivity index (χ4v) is 2.83. The molecular formula is C17H18N2O2S. The molecule has 3 rings (SSSR count). The van der Waals surface area contributed by atoms with E-state index in [0.29, 0.717) is 12.4 Å². The lowest BCUT2D eigenvalue weighted by Crippen LogP contribution is -2.17. The van der Waals surface area contributed by atoms with Gasteiger partial charge in [-0.2, -0.15) is 4.68 Å². The van der Waals surface area contributed by atoms with E-state index in [1.165, 1.54) is 21.6 Å². The number of thiophene rings is 1. The standard InChI is InChI=1S/C17H18N2O2S/c1-17(2,3)13-8-6-12(7-9-13)11-19-16(20)21-15(18-19)14-5-4-10-22-14/h4-10H,11H2,1-3H3. The number of benzene rings is 1. The van der Waals surface area contributed by atoms with Crippen LogP contribution in [0.3, 0.4) is 0 Å². The van der Waals surface area contributed by atoms with Crippen molar-refractivity contribution in [3.8, 4) is 10.8 Å². The second kappa shape index (κ2) is 5.57. The summed E-state index contributed by atoms with van der Waals surface area (Å²) in [4.78, 5) is 12.8. The molecule has 1 aromatic carbocycles. The van der Waals surface area contributed by atoms with E-state index in [-0.39, 0.29) is 5.41 Å². The second-order valence-corrected chi connectivity index (χ2v) is 7.20. The molecule has 2 heterocycles. The highest BCUT2D eigenvalue weighted by Gasteiger charge is 2.14. The van der Waals surface area contributed by atoms with E-state index in [1.807, 2.05) is 29.6 Å². The Bertz CT molecular complexity index is 806. The number of hydrogen-bond donors (Lipinski definition) is 0. The molecule has 2 aromatic heterocycles. The normalized spacial score (nSPS) is 11.8. The van der Waals surface area contributed by atoms with Crippen LogP contribution in [0, 0.1) is 0 Å². The molecule has 0 saturated heterocycles. The maximum Gasteiger partial charge on any atom is 0.437 e. The Morgan fingerprint density at radius 3 is 2.50 bits per heavy atom. The van der Waals surface area contributed by atoms with Crippen molar-refractivity contribution in [3.63, 3.8) is 0 Å². The van der Waals surface area contributed by atoms with Gasteiger partial charge < -0.3 is 4.42 Å². The molecule has 114 valence electrons. The topological polar surface area (TPSA) is 48.0 Å². The molecule has 0 bridgehead atoms. The van der Waals surface area contributed by atoms with Crippen molar-refractivity contribution in [3.05, 3.63) is 63.5 Å². The van der Waals surface area contributed by atoms with Gasteiger partial charge >= 0.3 is 5.76 Å². The molecule has 0 radical (unpaired) electrons. The monoisotopic (exact) mass is 314 g/mol. The van der Waals surface area contributed by atoms with E-state index in [1.54, 1.807) is 0 Å². The average Bonchev–Trinajstić information content (AvgIpc) is 3.09. The predicted molar refractivity (Wildman–Crippen MR) is 88.3 cm³/mol. The Kier molecular flexibility index (Phi) is 3.74. The zero-order valence-corrected chi connectivity index (χ0v) is 13.7. The summed E-state index contributed by atoms with van der Waals surface area (Å²) in [5.74, 6) is -0.0467. The van der Waals surface area contributed by atoms with Gasteiger partial charge in [0.15, 0.2) is 0 Å². The van der Waals surface area contributed by atoms with Gasteiger partial charge in [0.05, 0.1) is 11.4 Å². The Morgan fingerprint density at radius 1 is 1.18 bits per heavy atom.